The molecule has 6 nitrogen and oxygen atoms in total. The lowest BCUT2D eigenvalue weighted by molar-refractivity contribution is 0.251. The van der Waals surface area contributed by atoms with Crippen LogP contribution >= 0.6 is 0 Å². The van der Waals surface area contributed by atoms with Crippen LogP contribution in [0.2, 0.25) is 0 Å². The number of amides is 2. The number of carbonyl (C=O) groups is 1. The van der Waals surface area contributed by atoms with Crippen molar-refractivity contribution in [2.24, 2.45) is 24.8 Å². The van der Waals surface area contributed by atoms with Crippen LogP contribution in [0.15, 0.2) is 16.9 Å². The number of aromatic nitrogens is 2. The van der Waals surface area contributed by atoms with Crippen LogP contribution in [-0.4, -0.2) is 22.4 Å². The van der Waals surface area contributed by atoms with Crippen molar-refractivity contribution in [3.8, 4) is 0 Å². The van der Waals surface area contributed by atoms with Crippen molar-refractivity contribution in [2.75, 3.05) is 11.9 Å². The largest absolute Gasteiger partial charge is 0.338 e. The van der Waals surface area contributed by atoms with Crippen LogP contribution < -0.4 is 16.2 Å². The van der Waals surface area contributed by atoms with Crippen molar-refractivity contribution < 1.29 is 4.79 Å². The Labute approximate surface area is 117 Å². The summed E-state index contributed by atoms with van der Waals surface area (Å²) in [7, 11) is 1.55. The first kappa shape index (κ1) is 13.1. The quantitative estimate of drug-likeness (QED) is 0.852. The lowest BCUT2D eigenvalue weighted by Gasteiger charge is -2.07. The van der Waals surface area contributed by atoms with Gasteiger partial charge in [0.2, 0.25) is 0 Å². The summed E-state index contributed by atoms with van der Waals surface area (Å²) in [5.74, 6) is 3.12. The van der Waals surface area contributed by atoms with Gasteiger partial charge < -0.3 is 5.32 Å². The molecule has 2 atom stereocenters. The summed E-state index contributed by atoms with van der Waals surface area (Å²) in [6.45, 7) is 0.700. The number of nitrogens with one attached hydrogen (secondary N) is 2. The van der Waals surface area contributed by atoms with Gasteiger partial charge in [-0.05, 0) is 49.5 Å². The molecule has 0 radical (unpaired) electrons. The second kappa shape index (κ2) is 5.26. The molecule has 0 aliphatic heterocycles. The van der Waals surface area contributed by atoms with Gasteiger partial charge in [0.1, 0.15) is 0 Å². The van der Waals surface area contributed by atoms with Gasteiger partial charge in [-0.15, -0.1) is 0 Å². The molecule has 2 saturated carbocycles. The molecule has 6 heteroatoms. The molecule has 1 heterocycles. The van der Waals surface area contributed by atoms with Gasteiger partial charge in [-0.2, -0.15) is 5.10 Å². The van der Waals surface area contributed by atoms with E-state index >= 15 is 0 Å². The van der Waals surface area contributed by atoms with E-state index in [1.165, 1.54) is 36.1 Å². The monoisotopic (exact) mass is 276 g/mol. The zero-order valence-electron chi connectivity index (χ0n) is 11.6. The lowest BCUT2D eigenvalue weighted by Crippen LogP contribution is -2.31. The second-order valence-corrected chi connectivity index (χ2v) is 5.85. The van der Waals surface area contributed by atoms with Crippen LogP contribution in [0, 0.1) is 17.8 Å². The van der Waals surface area contributed by atoms with E-state index in [0.29, 0.717) is 12.4 Å². The highest BCUT2D eigenvalue weighted by Crippen LogP contribution is 2.55. The van der Waals surface area contributed by atoms with E-state index in [0.717, 1.165) is 24.2 Å². The normalized spacial score (nSPS) is 24.2. The van der Waals surface area contributed by atoms with Crippen LogP contribution in [0.25, 0.3) is 0 Å². The van der Waals surface area contributed by atoms with Crippen LogP contribution in [0.3, 0.4) is 0 Å². The van der Waals surface area contributed by atoms with E-state index in [2.05, 4.69) is 15.7 Å². The first-order valence-electron chi connectivity index (χ1n) is 7.22. The summed E-state index contributed by atoms with van der Waals surface area (Å²) in [4.78, 5) is 22.9. The number of nitrogens with zero attached hydrogens (tertiary/aromatic N) is 2. The average Bonchev–Trinajstić information content (AvgIpc) is 3.24. The Kier molecular flexibility index (Phi) is 3.46. The van der Waals surface area contributed by atoms with Gasteiger partial charge >= 0.3 is 6.03 Å². The van der Waals surface area contributed by atoms with E-state index in [4.69, 9.17) is 0 Å². The molecular weight excluding hydrogens is 256 g/mol. The molecule has 2 fully saturated rings. The number of carbonyl (C=O) groups excluding carboxylic acids is 1. The summed E-state index contributed by atoms with van der Waals surface area (Å²) in [6.07, 6.45) is 5.23. The predicted octanol–water partition coefficient (Wildman–Crippen LogP) is 1.34. The third-order valence-electron chi connectivity index (χ3n) is 4.21. The van der Waals surface area contributed by atoms with Crippen molar-refractivity contribution in [2.45, 2.75) is 25.7 Å². The molecule has 0 saturated heterocycles. The smallest absolute Gasteiger partial charge is 0.320 e. The average molecular weight is 276 g/mol. The molecule has 2 aliphatic carbocycles. The van der Waals surface area contributed by atoms with Crippen LogP contribution in [0.5, 0.6) is 0 Å². The highest BCUT2D eigenvalue weighted by Gasteiger charge is 2.46. The van der Waals surface area contributed by atoms with Gasteiger partial charge in [-0.1, -0.05) is 0 Å². The zero-order chi connectivity index (χ0) is 14.1. The summed E-state index contributed by atoms with van der Waals surface area (Å²) in [5, 5.41) is 9.41. The molecule has 20 heavy (non-hydrogen) atoms. The van der Waals surface area contributed by atoms with E-state index in [9.17, 15) is 9.59 Å². The number of urea groups is 1. The first-order chi connectivity index (χ1) is 9.63. The fraction of sp³-hybridized carbons (Fsp3) is 0.643. The lowest BCUT2D eigenvalue weighted by atomic mass is 10.2. The number of rotatable bonds is 5. The topological polar surface area (TPSA) is 76.0 Å². The zero-order valence-corrected chi connectivity index (χ0v) is 11.6. The Bertz CT molecular complexity index is 565. The van der Waals surface area contributed by atoms with Gasteiger partial charge in [0.25, 0.3) is 5.56 Å². The van der Waals surface area contributed by atoms with Crippen molar-refractivity contribution in [3.63, 3.8) is 0 Å². The van der Waals surface area contributed by atoms with E-state index in [1.54, 1.807) is 7.05 Å². The standard InChI is InChI=1S/C14H20N4O2/c1-18-13(19)5-4-12(17-18)16-14(20)15-7-6-10-8-11(10)9-2-3-9/h4-5,9-11H,2-3,6-8H2,1H3,(H2,15,16,17,20)/t10-,11+/m1/s1. The minimum absolute atomic E-state index is 0.198. The van der Waals surface area contributed by atoms with Gasteiger partial charge in [0.05, 0.1) is 0 Å². The molecule has 1 aromatic rings. The third kappa shape index (κ3) is 3.18. The van der Waals surface area contributed by atoms with Crippen molar-refractivity contribution >= 4 is 11.8 Å². The molecule has 2 N–H and O–H groups in total. The molecule has 3 rings (SSSR count). The Morgan fingerprint density at radius 1 is 1.45 bits per heavy atom. The molecule has 108 valence electrons. The van der Waals surface area contributed by atoms with E-state index in [1.807, 2.05) is 0 Å². The summed E-state index contributed by atoms with van der Waals surface area (Å²) >= 11 is 0. The minimum atomic E-state index is -0.264. The van der Waals surface area contributed by atoms with E-state index in [-0.39, 0.29) is 11.6 Å². The van der Waals surface area contributed by atoms with Crippen molar-refractivity contribution in [1.29, 1.82) is 0 Å². The summed E-state index contributed by atoms with van der Waals surface area (Å²) in [5.41, 5.74) is -0.198. The molecule has 0 unspecified atom stereocenters. The Hall–Kier alpha value is -1.85. The molecular formula is C14H20N4O2. The Balaban J connectivity index is 1.38. The fourth-order valence-electron chi connectivity index (χ4n) is 2.81. The highest BCUT2D eigenvalue weighted by molar-refractivity contribution is 5.87. The van der Waals surface area contributed by atoms with Crippen LogP contribution in [0.4, 0.5) is 10.6 Å². The van der Waals surface area contributed by atoms with E-state index < -0.39 is 0 Å². The number of anilines is 1. The number of hydrogen-bond donors (Lipinski definition) is 2. The fourth-order valence-corrected chi connectivity index (χ4v) is 2.81. The molecule has 0 spiro atoms. The predicted molar refractivity (Wildman–Crippen MR) is 75.4 cm³/mol. The maximum atomic E-state index is 11.7. The van der Waals surface area contributed by atoms with Crippen molar-refractivity contribution in [3.05, 3.63) is 22.5 Å². The molecule has 1 aromatic heterocycles. The SMILES string of the molecule is Cn1nc(NC(=O)NCC[C@@H]2C[C@H]2C2CC2)ccc1=O. The molecule has 2 amide bonds. The van der Waals surface area contributed by atoms with Gasteiger partial charge in [0, 0.05) is 19.7 Å². The third-order valence-corrected chi connectivity index (χ3v) is 4.21. The second-order valence-electron chi connectivity index (χ2n) is 5.85. The minimum Gasteiger partial charge on any atom is -0.338 e. The van der Waals surface area contributed by atoms with Gasteiger partial charge in [-0.3, -0.25) is 10.1 Å². The molecule has 0 aromatic carbocycles. The van der Waals surface area contributed by atoms with Crippen LogP contribution in [0.1, 0.15) is 25.7 Å². The highest BCUT2D eigenvalue weighted by atomic mass is 16.2. The van der Waals surface area contributed by atoms with Crippen molar-refractivity contribution in [1.82, 2.24) is 15.1 Å². The first-order valence-corrected chi connectivity index (χ1v) is 7.22. The molecule has 2 aliphatic rings. The number of hydrogen-bond acceptors (Lipinski definition) is 3. The Morgan fingerprint density at radius 3 is 2.95 bits per heavy atom. The summed E-state index contributed by atoms with van der Waals surface area (Å²) in [6, 6.07) is 2.62. The van der Waals surface area contributed by atoms with Gasteiger partial charge in [0.15, 0.2) is 5.82 Å². The van der Waals surface area contributed by atoms with Crippen LogP contribution in [-0.2, 0) is 7.05 Å². The maximum Gasteiger partial charge on any atom is 0.320 e. The van der Waals surface area contributed by atoms with Gasteiger partial charge in [-0.25, -0.2) is 9.48 Å². The number of aryl methyl sites for hydroxylation is 1. The molecule has 0 bridgehead atoms. The maximum absolute atomic E-state index is 11.7. The summed E-state index contributed by atoms with van der Waals surface area (Å²) < 4.78 is 1.19. The Morgan fingerprint density at radius 2 is 2.25 bits per heavy atom.